The van der Waals surface area contributed by atoms with E-state index in [2.05, 4.69) is 10.6 Å². The summed E-state index contributed by atoms with van der Waals surface area (Å²) in [4.78, 5) is 23.5. The molecule has 0 bridgehead atoms. The first kappa shape index (κ1) is 23.8. The van der Waals surface area contributed by atoms with Crippen LogP contribution in [0.25, 0.3) is 0 Å². The maximum absolute atomic E-state index is 13.4. The predicted molar refractivity (Wildman–Crippen MR) is 105 cm³/mol. The van der Waals surface area contributed by atoms with Crippen molar-refractivity contribution in [2.24, 2.45) is 0 Å². The Balaban J connectivity index is 2.80. The van der Waals surface area contributed by atoms with Gasteiger partial charge in [0.1, 0.15) is 11.6 Å². The molecule has 0 saturated heterocycles. The number of halogens is 2. The number of unbranched alkanes of at least 4 members (excludes halogenated alkanes) is 1. The fraction of sp³-hybridized carbons (Fsp3) is 0.524. The molecule has 0 aliphatic rings. The zero-order valence-corrected chi connectivity index (χ0v) is 16.7. The number of benzene rings is 1. The van der Waals surface area contributed by atoms with Crippen molar-refractivity contribution in [3.05, 3.63) is 47.5 Å². The summed E-state index contributed by atoms with van der Waals surface area (Å²) >= 11 is 0. The second kappa shape index (κ2) is 12.2. The number of hydrogen-bond donors (Lipinski definition) is 3. The van der Waals surface area contributed by atoms with Gasteiger partial charge in [-0.2, -0.15) is 0 Å². The van der Waals surface area contributed by atoms with Crippen LogP contribution in [0.2, 0.25) is 0 Å². The zero-order chi connectivity index (χ0) is 21.1. The van der Waals surface area contributed by atoms with Crippen LogP contribution in [0.4, 0.5) is 8.78 Å². The molecule has 0 fully saturated rings. The monoisotopic (exact) mass is 396 g/mol. The first-order valence-electron chi connectivity index (χ1n) is 9.62. The van der Waals surface area contributed by atoms with Crippen molar-refractivity contribution >= 4 is 11.8 Å². The third-order valence-corrected chi connectivity index (χ3v) is 4.32. The van der Waals surface area contributed by atoms with Gasteiger partial charge in [-0.1, -0.05) is 26.3 Å². The average molecular weight is 396 g/mol. The fourth-order valence-corrected chi connectivity index (χ4v) is 2.92. The highest BCUT2D eigenvalue weighted by Gasteiger charge is 2.24. The normalized spacial score (nSPS) is 14.5. The first-order valence-corrected chi connectivity index (χ1v) is 9.62. The molecule has 0 aromatic heterocycles. The zero-order valence-electron chi connectivity index (χ0n) is 16.7. The molecule has 0 spiro atoms. The molecule has 1 rings (SSSR count). The highest BCUT2D eigenvalue weighted by molar-refractivity contribution is 5.87. The summed E-state index contributed by atoms with van der Waals surface area (Å²) in [6, 6.07) is 2.07. The first-order chi connectivity index (χ1) is 13.2. The minimum absolute atomic E-state index is 0.0657. The van der Waals surface area contributed by atoms with Crippen molar-refractivity contribution in [3.8, 4) is 0 Å². The SMILES string of the molecule is CCC/C=C/C(=O)NC(CC)C[C@H](O)[C@H](Cc1cc(F)cc(F)c1)NC(C)=O. The summed E-state index contributed by atoms with van der Waals surface area (Å²) in [5.41, 5.74) is 0.329. The van der Waals surface area contributed by atoms with Crippen molar-refractivity contribution in [3.63, 3.8) is 0 Å². The van der Waals surface area contributed by atoms with Crippen LogP contribution in [0.3, 0.4) is 0 Å². The Kier molecular flexibility index (Phi) is 10.4. The van der Waals surface area contributed by atoms with Gasteiger partial charge in [0.2, 0.25) is 11.8 Å². The predicted octanol–water partition coefficient (Wildman–Crippen LogP) is 3.01. The molecule has 5 nitrogen and oxygen atoms in total. The number of aliphatic hydroxyl groups is 1. The van der Waals surface area contributed by atoms with E-state index in [1.807, 2.05) is 13.8 Å². The summed E-state index contributed by atoms with van der Waals surface area (Å²) in [5.74, 6) is -2.04. The highest BCUT2D eigenvalue weighted by atomic mass is 19.1. The molecular weight excluding hydrogens is 366 g/mol. The van der Waals surface area contributed by atoms with E-state index in [-0.39, 0.29) is 30.7 Å². The number of amides is 2. The Hall–Kier alpha value is -2.28. The number of carbonyl (C=O) groups excluding carboxylic acids is 2. The van der Waals surface area contributed by atoms with Gasteiger partial charge in [0.05, 0.1) is 12.1 Å². The number of rotatable bonds is 11. The van der Waals surface area contributed by atoms with Gasteiger partial charge in [-0.05, 0) is 49.5 Å². The number of allylic oxidation sites excluding steroid dienone is 1. The molecule has 3 atom stereocenters. The van der Waals surface area contributed by atoms with E-state index in [0.717, 1.165) is 18.9 Å². The molecular formula is C21H30F2N2O3. The van der Waals surface area contributed by atoms with Crippen molar-refractivity contribution in [1.29, 1.82) is 0 Å². The Morgan fingerprint density at radius 1 is 1.14 bits per heavy atom. The van der Waals surface area contributed by atoms with Crippen molar-refractivity contribution in [2.75, 3.05) is 0 Å². The largest absolute Gasteiger partial charge is 0.391 e. The van der Waals surface area contributed by atoms with Crippen molar-refractivity contribution < 1.29 is 23.5 Å². The van der Waals surface area contributed by atoms with Gasteiger partial charge in [0, 0.05) is 19.0 Å². The quantitative estimate of drug-likeness (QED) is 0.503. The van der Waals surface area contributed by atoms with Crippen LogP contribution < -0.4 is 10.6 Å². The van der Waals surface area contributed by atoms with Crippen molar-refractivity contribution in [1.82, 2.24) is 10.6 Å². The van der Waals surface area contributed by atoms with E-state index in [1.165, 1.54) is 25.1 Å². The molecule has 0 heterocycles. The molecule has 1 aromatic rings. The van der Waals surface area contributed by atoms with E-state index in [9.17, 15) is 23.5 Å². The minimum Gasteiger partial charge on any atom is -0.391 e. The summed E-state index contributed by atoms with van der Waals surface area (Å²) < 4.78 is 26.9. The van der Waals surface area contributed by atoms with Crippen LogP contribution in [-0.2, 0) is 16.0 Å². The molecule has 0 saturated carbocycles. The molecule has 0 radical (unpaired) electrons. The Morgan fingerprint density at radius 3 is 2.32 bits per heavy atom. The fourth-order valence-electron chi connectivity index (χ4n) is 2.92. The lowest BCUT2D eigenvalue weighted by Crippen LogP contribution is -2.47. The third-order valence-electron chi connectivity index (χ3n) is 4.32. The lowest BCUT2D eigenvalue weighted by molar-refractivity contribution is -0.121. The third kappa shape index (κ3) is 9.08. The van der Waals surface area contributed by atoms with Crippen molar-refractivity contribution in [2.45, 2.75) is 71.1 Å². The minimum atomic E-state index is -1.000. The van der Waals surface area contributed by atoms with E-state index in [1.54, 1.807) is 6.08 Å². The van der Waals surface area contributed by atoms with Gasteiger partial charge in [0.25, 0.3) is 0 Å². The topological polar surface area (TPSA) is 78.4 Å². The number of carbonyl (C=O) groups is 2. The van der Waals surface area contributed by atoms with Gasteiger partial charge in [0.15, 0.2) is 0 Å². The van der Waals surface area contributed by atoms with Crippen LogP contribution in [-0.4, -0.2) is 35.1 Å². The maximum Gasteiger partial charge on any atom is 0.243 e. The number of nitrogens with one attached hydrogen (secondary N) is 2. The second-order valence-electron chi connectivity index (χ2n) is 6.90. The van der Waals surface area contributed by atoms with E-state index < -0.39 is 23.8 Å². The number of aliphatic hydroxyl groups excluding tert-OH is 1. The molecule has 3 N–H and O–H groups in total. The average Bonchev–Trinajstić information content (AvgIpc) is 2.59. The lowest BCUT2D eigenvalue weighted by atomic mass is 9.95. The molecule has 156 valence electrons. The van der Waals surface area contributed by atoms with Gasteiger partial charge < -0.3 is 15.7 Å². The van der Waals surface area contributed by atoms with Gasteiger partial charge >= 0.3 is 0 Å². The van der Waals surface area contributed by atoms with Crippen LogP contribution in [0, 0.1) is 11.6 Å². The van der Waals surface area contributed by atoms with Crippen LogP contribution in [0.1, 0.15) is 52.0 Å². The smallest absolute Gasteiger partial charge is 0.243 e. The van der Waals surface area contributed by atoms with E-state index >= 15 is 0 Å². The Bertz CT molecular complexity index is 659. The molecule has 1 aromatic carbocycles. The summed E-state index contributed by atoms with van der Waals surface area (Å²) in [7, 11) is 0. The highest BCUT2D eigenvalue weighted by Crippen LogP contribution is 2.15. The van der Waals surface area contributed by atoms with Crippen LogP contribution >= 0.6 is 0 Å². The van der Waals surface area contributed by atoms with Gasteiger partial charge in [-0.15, -0.1) is 0 Å². The molecule has 1 unspecified atom stereocenters. The van der Waals surface area contributed by atoms with Gasteiger partial charge in [-0.25, -0.2) is 8.78 Å². The Morgan fingerprint density at radius 2 is 1.79 bits per heavy atom. The molecule has 0 aliphatic heterocycles. The van der Waals surface area contributed by atoms with E-state index in [0.29, 0.717) is 12.0 Å². The molecule has 0 aliphatic carbocycles. The van der Waals surface area contributed by atoms with Gasteiger partial charge in [-0.3, -0.25) is 9.59 Å². The molecule has 28 heavy (non-hydrogen) atoms. The summed E-state index contributed by atoms with van der Waals surface area (Å²) in [5, 5.41) is 16.1. The second-order valence-corrected chi connectivity index (χ2v) is 6.90. The number of hydrogen-bond acceptors (Lipinski definition) is 3. The van der Waals surface area contributed by atoms with Crippen LogP contribution in [0.5, 0.6) is 0 Å². The lowest BCUT2D eigenvalue weighted by Gasteiger charge is -2.27. The maximum atomic E-state index is 13.4. The molecule has 2 amide bonds. The summed E-state index contributed by atoms with van der Waals surface area (Å²) in [6.07, 6.45) is 4.87. The van der Waals surface area contributed by atoms with E-state index in [4.69, 9.17) is 0 Å². The van der Waals surface area contributed by atoms with Crippen LogP contribution in [0.15, 0.2) is 30.4 Å². The standard InChI is InChI=1S/C21H30F2N2O3/c1-4-6-7-8-21(28)25-18(5-2)13-20(27)19(24-14(3)26)11-15-9-16(22)12-17(23)10-15/h7-10,12,18-20,27H,4-6,11,13H2,1-3H3,(H,24,26)(H,25,28)/b8-7+/t18?,19-,20-/m0/s1. The Labute approximate surface area is 165 Å². The summed E-state index contributed by atoms with van der Waals surface area (Å²) in [6.45, 7) is 5.20. The molecule has 7 heteroatoms.